The number of nitrogens with zero attached hydrogens (tertiary/aromatic N) is 1. The van der Waals surface area contributed by atoms with Crippen molar-refractivity contribution in [3.05, 3.63) is 17.7 Å². The van der Waals surface area contributed by atoms with Gasteiger partial charge in [0.25, 0.3) is 0 Å². The van der Waals surface area contributed by atoms with Crippen molar-refractivity contribution >= 4 is 5.97 Å². The third-order valence-electron chi connectivity index (χ3n) is 1.65. The molecule has 5 nitrogen and oxygen atoms in total. The van der Waals surface area contributed by atoms with Crippen LogP contribution in [0.2, 0.25) is 0 Å². The number of carbonyl (C=O) groups is 1. The lowest BCUT2D eigenvalue weighted by atomic mass is 10.4. The van der Waals surface area contributed by atoms with Crippen LogP contribution in [0.5, 0.6) is 0 Å². The summed E-state index contributed by atoms with van der Waals surface area (Å²) in [6, 6.07) is 0. The van der Waals surface area contributed by atoms with Gasteiger partial charge in [0.05, 0.1) is 13.3 Å². The number of H-pyrrole nitrogens is 1. The summed E-state index contributed by atoms with van der Waals surface area (Å²) in [4.78, 5) is 17.9. The Balaban J connectivity index is 2.58. The van der Waals surface area contributed by atoms with E-state index in [1.165, 1.54) is 13.3 Å². The summed E-state index contributed by atoms with van der Waals surface area (Å²) < 4.78 is 4.53. The lowest BCUT2D eigenvalue weighted by molar-refractivity contribution is 0.0594. The predicted octanol–water partition coefficient (Wildman–Crippen LogP) is -0.0418. The Morgan fingerprint density at radius 2 is 2.54 bits per heavy atom. The second kappa shape index (κ2) is 4.61. The van der Waals surface area contributed by atoms with Crippen molar-refractivity contribution in [1.82, 2.24) is 15.3 Å². The number of aromatic amines is 1. The molecule has 0 aliphatic carbocycles. The molecule has 0 amide bonds. The average Bonchev–Trinajstić information content (AvgIpc) is 2.62. The molecule has 1 rings (SSSR count). The van der Waals surface area contributed by atoms with E-state index in [4.69, 9.17) is 0 Å². The number of rotatable bonds is 4. The number of likely N-dealkylation sites (N-methyl/N-ethyl adjacent to an activating group) is 1. The number of aromatic nitrogens is 2. The third-order valence-corrected chi connectivity index (χ3v) is 1.65. The van der Waals surface area contributed by atoms with Crippen molar-refractivity contribution in [2.24, 2.45) is 0 Å². The zero-order valence-electron chi connectivity index (χ0n) is 7.76. The molecule has 0 spiro atoms. The quantitative estimate of drug-likeness (QED) is 0.643. The summed E-state index contributed by atoms with van der Waals surface area (Å²) in [5, 5.41) is 2.99. The van der Waals surface area contributed by atoms with E-state index in [0.29, 0.717) is 5.69 Å². The molecule has 1 heterocycles. The van der Waals surface area contributed by atoms with Gasteiger partial charge in [0, 0.05) is 13.0 Å². The molecular weight excluding hydrogens is 170 g/mol. The zero-order valence-corrected chi connectivity index (χ0v) is 7.76. The molecular formula is C8H13N3O2. The molecule has 2 N–H and O–H groups in total. The fraction of sp³-hybridized carbons (Fsp3) is 0.500. The smallest absolute Gasteiger partial charge is 0.356 e. The monoisotopic (exact) mass is 183 g/mol. The van der Waals surface area contributed by atoms with E-state index in [1.807, 2.05) is 7.05 Å². The second-order valence-corrected chi connectivity index (χ2v) is 2.59. The summed E-state index contributed by atoms with van der Waals surface area (Å²) in [5.41, 5.74) is 0.397. The number of carbonyl (C=O) groups excluding carboxylic acids is 1. The maximum absolute atomic E-state index is 11.0. The Bertz CT molecular complexity index is 283. The highest BCUT2D eigenvalue weighted by Crippen LogP contribution is 1.98. The van der Waals surface area contributed by atoms with E-state index in [2.05, 4.69) is 20.0 Å². The summed E-state index contributed by atoms with van der Waals surface area (Å²) in [6.45, 7) is 0.828. The fourth-order valence-corrected chi connectivity index (χ4v) is 0.947. The van der Waals surface area contributed by atoms with Gasteiger partial charge in [-0.05, 0) is 7.05 Å². The molecule has 72 valence electrons. The largest absolute Gasteiger partial charge is 0.464 e. The molecule has 0 aliphatic heterocycles. The van der Waals surface area contributed by atoms with Gasteiger partial charge in [-0.3, -0.25) is 0 Å². The van der Waals surface area contributed by atoms with Gasteiger partial charge in [-0.2, -0.15) is 0 Å². The molecule has 0 saturated heterocycles. The minimum Gasteiger partial charge on any atom is -0.464 e. The molecule has 0 aliphatic rings. The highest BCUT2D eigenvalue weighted by atomic mass is 16.5. The van der Waals surface area contributed by atoms with Crippen molar-refractivity contribution in [3.8, 4) is 0 Å². The summed E-state index contributed by atoms with van der Waals surface area (Å²) in [7, 11) is 3.21. The first-order valence-electron chi connectivity index (χ1n) is 4.04. The van der Waals surface area contributed by atoms with Gasteiger partial charge in [0.15, 0.2) is 0 Å². The van der Waals surface area contributed by atoms with Crippen LogP contribution in [-0.2, 0) is 11.2 Å². The Morgan fingerprint density at radius 1 is 1.77 bits per heavy atom. The summed E-state index contributed by atoms with van der Waals surface area (Å²) >= 11 is 0. The Morgan fingerprint density at radius 3 is 3.15 bits per heavy atom. The zero-order chi connectivity index (χ0) is 9.68. The topological polar surface area (TPSA) is 67.0 Å². The number of ether oxygens (including phenoxy) is 1. The van der Waals surface area contributed by atoms with Gasteiger partial charge in [0.2, 0.25) is 0 Å². The van der Waals surface area contributed by atoms with Crippen LogP contribution < -0.4 is 5.32 Å². The van der Waals surface area contributed by atoms with E-state index < -0.39 is 0 Å². The molecule has 1 aromatic heterocycles. The lowest BCUT2D eigenvalue weighted by Crippen LogP contribution is -2.11. The molecule has 0 aromatic carbocycles. The van der Waals surface area contributed by atoms with Crippen molar-refractivity contribution in [2.45, 2.75) is 6.42 Å². The van der Waals surface area contributed by atoms with Crippen molar-refractivity contribution < 1.29 is 9.53 Å². The highest BCUT2D eigenvalue weighted by Gasteiger charge is 2.08. The maximum Gasteiger partial charge on any atom is 0.356 e. The van der Waals surface area contributed by atoms with Crippen LogP contribution in [0.1, 0.15) is 16.3 Å². The number of nitrogens with one attached hydrogen (secondary N) is 2. The first-order valence-corrected chi connectivity index (χ1v) is 4.04. The Labute approximate surface area is 76.5 Å². The van der Waals surface area contributed by atoms with Gasteiger partial charge >= 0.3 is 5.97 Å². The van der Waals surface area contributed by atoms with Crippen LogP contribution in [0.25, 0.3) is 0 Å². The normalized spacial score (nSPS) is 10.0. The van der Waals surface area contributed by atoms with Crippen molar-refractivity contribution in [2.75, 3.05) is 20.7 Å². The minimum absolute atomic E-state index is 0.386. The maximum atomic E-state index is 11.0. The average molecular weight is 183 g/mol. The van der Waals surface area contributed by atoms with E-state index in [9.17, 15) is 4.79 Å². The van der Waals surface area contributed by atoms with Gasteiger partial charge < -0.3 is 15.0 Å². The Kier molecular flexibility index (Phi) is 3.45. The van der Waals surface area contributed by atoms with Crippen LogP contribution in [0.15, 0.2) is 6.20 Å². The molecule has 0 unspecified atom stereocenters. The van der Waals surface area contributed by atoms with Crippen molar-refractivity contribution in [3.63, 3.8) is 0 Å². The summed E-state index contributed by atoms with van der Waals surface area (Å²) in [5.74, 6) is 0.401. The number of esters is 1. The predicted molar refractivity (Wildman–Crippen MR) is 47.6 cm³/mol. The first-order chi connectivity index (χ1) is 6.27. The first kappa shape index (κ1) is 9.73. The van der Waals surface area contributed by atoms with Crippen LogP contribution in [0.4, 0.5) is 0 Å². The minimum atomic E-state index is -0.386. The van der Waals surface area contributed by atoms with E-state index in [0.717, 1.165) is 18.8 Å². The molecule has 0 atom stereocenters. The molecule has 13 heavy (non-hydrogen) atoms. The number of methoxy groups -OCH3 is 1. The van der Waals surface area contributed by atoms with Gasteiger partial charge in [-0.15, -0.1) is 0 Å². The molecule has 0 saturated carbocycles. The van der Waals surface area contributed by atoms with Crippen LogP contribution in [-0.4, -0.2) is 36.6 Å². The SMILES string of the molecule is CNCCc1ncc(C(=O)OC)[nH]1. The van der Waals surface area contributed by atoms with Gasteiger partial charge in [-0.1, -0.05) is 0 Å². The molecule has 0 fully saturated rings. The van der Waals surface area contributed by atoms with E-state index >= 15 is 0 Å². The second-order valence-electron chi connectivity index (χ2n) is 2.59. The van der Waals surface area contributed by atoms with E-state index in [1.54, 1.807) is 0 Å². The molecule has 5 heteroatoms. The van der Waals surface area contributed by atoms with Crippen LogP contribution in [0.3, 0.4) is 0 Å². The van der Waals surface area contributed by atoms with Gasteiger partial charge in [0.1, 0.15) is 11.5 Å². The number of imidazole rings is 1. The van der Waals surface area contributed by atoms with Crippen LogP contribution >= 0.6 is 0 Å². The number of hydrogen-bond acceptors (Lipinski definition) is 4. The lowest BCUT2D eigenvalue weighted by Gasteiger charge is -1.95. The Hall–Kier alpha value is -1.36. The number of hydrogen-bond donors (Lipinski definition) is 2. The molecule has 0 radical (unpaired) electrons. The standard InChI is InChI=1S/C8H13N3O2/c1-9-4-3-7-10-5-6(11-7)8(12)13-2/h5,9H,3-4H2,1-2H3,(H,10,11). The molecule has 1 aromatic rings. The van der Waals surface area contributed by atoms with Crippen LogP contribution in [0, 0.1) is 0 Å². The highest BCUT2D eigenvalue weighted by molar-refractivity contribution is 5.86. The summed E-state index contributed by atoms with van der Waals surface area (Å²) in [6.07, 6.45) is 2.25. The third kappa shape index (κ3) is 2.55. The molecule has 0 bridgehead atoms. The fourth-order valence-electron chi connectivity index (χ4n) is 0.947. The van der Waals surface area contributed by atoms with E-state index in [-0.39, 0.29) is 5.97 Å². The van der Waals surface area contributed by atoms with Crippen molar-refractivity contribution in [1.29, 1.82) is 0 Å². The van der Waals surface area contributed by atoms with Gasteiger partial charge in [-0.25, -0.2) is 9.78 Å².